The van der Waals surface area contributed by atoms with Gasteiger partial charge in [0, 0.05) is 11.3 Å². The number of carbonyl (C=O) groups is 1. The number of rotatable bonds is 1. The quantitative estimate of drug-likeness (QED) is 0.348. The number of Topliss-reactive ketones (excluding diaryl/α,β-unsaturated/α-hetero) is 1. The van der Waals surface area contributed by atoms with Crippen LogP contribution in [0.25, 0.3) is 0 Å². The Morgan fingerprint density at radius 3 is 2.18 bits per heavy atom. The van der Waals surface area contributed by atoms with Crippen molar-refractivity contribution in [3.05, 3.63) is 17.0 Å². The normalized spacial score (nSPS) is 9.00. The van der Waals surface area contributed by atoms with E-state index in [0.717, 1.165) is 11.4 Å². The van der Waals surface area contributed by atoms with Gasteiger partial charge in [0.1, 0.15) is 0 Å². The summed E-state index contributed by atoms with van der Waals surface area (Å²) in [5.74, 6) is 0.0417. The molecule has 3 nitrogen and oxygen atoms in total. The minimum absolute atomic E-state index is 0. The van der Waals surface area contributed by atoms with Crippen LogP contribution >= 0.6 is 0 Å². The molecule has 54 valence electrons. The molecule has 1 aromatic rings. The molecule has 0 unspecified atom stereocenters. The zero-order chi connectivity index (χ0) is 7.72. The van der Waals surface area contributed by atoms with Crippen molar-refractivity contribution < 1.29 is 34.4 Å². The molecule has 0 saturated heterocycles. The maximum absolute atomic E-state index is 10.9. The van der Waals surface area contributed by atoms with E-state index in [2.05, 4.69) is 10.2 Å². The van der Waals surface area contributed by atoms with Crippen LogP contribution in [-0.4, -0.2) is 10.9 Å². The average Bonchev–Trinajstić information content (AvgIpc) is 2.11. The first-order chi connectivity index (χ1) is 4.63. The van der Waals surface area contributed by atoms with E-state index in [9.17, 15) is 4.79 Å². The van der Waals surface area contributed by atoms with Crippen LogP contribution in [-0.2, 0) is 0 Å². The Balaban J connectivity index is 0.000001000. The molecule has 0 bridgehead atoms. The number of aromatic nitrogens is 2. The minimum Gasteiger partial charge on any atom is -0.578 e. The first-order valence-corrected chi connectivity index (χ1v) is 3.10. The Hall–Kier alpha value is -0.120. The molecule has 0 aliphatic heterocycles. The molecule has 0 aliphatic rings. The third-order valence-electron chi connectivity index (χ3n) is 1.43. The van der Waals surface area contributed by atoms with Crippen LogP contribution < -0.4 is 34.7 Å². The summed E-state index contributed by atoms with van der Waals surface area (Å²) >= 11 is 0. The molecular formula is C7H9N2NaO. The SMILES string of the molecule is CC(=O)c1c(C)n[n-]c1C.[Na+]. The molecule has 0 radical (unpaired) electrons. The standard InChI is InChI=1S/C7H10N2O.Na/c1-4-7(6(3)10)5(2)9-8-4;/h1-3H3,(H,8,9,10);/q;+1/p-1. The van der Waals surface area contributed by atoms with Gasteiger partial charge in [0.25, 0.3) is 0 Å². The number of aryl methyl sites for hydroxylation is 2. The number of carbonyl (C=O) groups excluding carboxylic acids is 1. The predicted octanol–water partition coefficient (Wildman–Crippen LogP) is -2.14. The maximum atomic E-state index is 10.9. The van der Waals surface area contributed by atoms with E-state index in [0.29, 0.717) is 5.56 Å². The molecular weight excluding hydrogens is 151 g/mol. The molecule has 1 rings (SSSR count). The monoisotopic (exact) mass is 160 g/mol. The van der Waals surface area contributed by atoms with Crippen LogP contribution in [0.5, 0.6) is 0 Å². The fourth-order valence-corrected chi connectivity index (χ4v) is 1.02. The third-order valence-corrected chi connectivity index (χ3v) is 1.43. The van der Waals surface area contributed by atoms with Crippen molar-refractivity contribution in [1.29, 1.82) is 0 Å². The van der Waals surface area contributed by atoms with E-state index in [-0.39, 0.29) is 35.3 Å². The first-order valence-electron chi connectivity index (χ1n) is 3.10. The summed E-state index contributed by atoms with van der Waals surface area (Å²) in [6.07, 6.45) is 0. The van der Waals surface area contributed by atoms with Crippen LogP contribution in [0.4, 0.5) is 0 Å². The largest absolute Gasteiger partial charge is 1.00 e. The molecule has 0 aliphatic carbocycles. The van der Waals surface area contributed by atoms with Crippen molar-refractivity contribution >= 4 is 5.78 Å². The average molecular weight is 160 g/mol. The Labute approximate surface area is 87.9 Å². The fourth-order valence-electron chi connectivity index (χ4n) is 1.02. The van der Waals surface area contributed by atoms with Gasteiger partial charge in [-0.1, -0.05) is 6.92 Å². The molecule has 0 spiro atoms. The van der Waals surface area contributed by atoms with Crippen molar-refractivity contribution in [2.45, 2.75) is 20.8 Å². The van der Waals surface area contributed by atoms with Gasteiger partial charge >= 0.3 is 29.6 Å². The van der Waals surface area contributed by atoms with Gasteiger partial charge in [-0.3, -0.25) is 4.79 Å². The van der Waals surface area contributed by atoms with Crippen molar-refractivity contribution in [3.8, 4) is 0 Å². The maximum Gasteiger partial charge on any atom is 1.00 e. The number of hydrogen-bond donors (Lipinski definition) is 0. The summed E-state index contributed by atoms with van der Waals surface area (Å²) in [5.41, 5.74) is 2.12. The number of ketones is 1. The Morgan fingerprint density at radius 1 is 1.45 bits per heavy atom. The van der Waals surface area contributed by atoms with Crippen molar-refractivity contribution in [1.82, 2.24) is 10.2 Å². The van der Waals surface area contributed by atoms with Gasteiger partial charge in [-0.2, -0.15) is 0 Å². The van der Waals surface area contributed by atoms with Crippen LogP contribution in [0.15, 0.2) is 0 Å². The van der Waals surface area contributed by atoms with Crippen molar-refractivity contribution in [3.63, 3.8) is 0 Å². The van der Waals surface area contributed by atoms with Crippen LogP contribution in [0.1, 0.15) is 28.7 Å². The molecule has 4 heteroatoms. The summed E-state index contributed by atoms with van der Waals surface area (Å²) in [4.78, 5) is 10.9. The van der Waals surface area contributed by atoms with Crippen LogP contribution in [0.3, 0.4) is 0 Å². The molecule has 0 aromatic carbocycles. The summed E-state index contributed by atoms with van der Waals surface area (Å²) < 4.78 is 0. The molecule has 1 heterocycles. The predicted molar refractivity (Wildman–Crippen MR) is 37.0 cm³/mol. The van der Waals surface area contributed by atoms with E-state index < -0.39 is 0 Å². The molecule has 0 N–H and O–H groups in total. The van der Waals surface area contributed by atoms with E-state index in [1.807, 2.05) is 0 Å². The summed E-state index contributed by atoms with van der Waals surface area (Å²) in [6.45, 7) is 5.10. The van der Waals surface area contributed by atoms with Gasteiger partial charge in [-0.15, -0.1) is 5.69 Å². The molecule has 0 atom stereocenters. The van der Waals surface area contributed by atoms with E-state index in [1.165, 1.54) is 6.92 Å². The smallest absolute Gasteiger partial charge is 0.578 e. The minimum atomic E-state index is 0. The van der Waals surface area contributed by atoms with Gasteiger partial charge in [0.05, 0.1) is 0 Å². The second-order valence-corrected chi connectivity index (χ2v) is 2.30. The Morgan fingerprint density at radius 2 is 2.00 bits per heavy atom. The van der Waals surface area contributed by atoms with Crippen molar-refractivity contribution in [2.24, 2.45) is 0 Å². The third kappa shape index (κ3) is 2.15. The fraction of sp³-hybridized carbons (Fsp3) is 0.429. The van der Waals surface area contributed by atoms with E-state index >= 15 is 0 Å². The summed E-state index contributed by atoms with van der Waals surface area (Å²) in [5, 5.41) is 7.53. The molecule has 11 heavy (non-hydrogen) atoms. The van der Waals surface area contributed by atoms with Gasteiger partial charge in [0.15, 0.2) is 5.78 Å². The second-order valence-electron chi connectivity index (χ2n) is 2.30. The molecule has 0 fully saturated rings. The zero-order valence-electron chi connectivity index (χ0n) is 7.30. The first kappa shape index (κ1) is 10.9. The van der Waals surface area contributed by atoms with Crippen LogP contribution in [0.2, 0.25) is 0 Å². The van der Waals surface area contributed by atoms with Gasteiger partial charge in [-0.25, -0.2) is 0 Å². The zero-order valence-corrected chi connectivity index (χ0v) is 9.30. The van der Waals surface area contributed by atoms with Crippen LogP contribution in [0, 0.1) is 13.8 Å². The molecule has 0 saturated carbocycles. The topological polar surface area (TPSA) is 44.1 Å². The summed E-state index contributed by atoms with van der Waals surface area (Å²) in [7, 11) is 0. The molecule has 1 aromatic heterocycles. The number of nitrogens with zero attached hydrogens (tertiary/aromatic N) is 2. The van der Waals surface area contributed by atoms with Gasteiger partial charge < -0.3 is 10.2 Å². The second kappa shape index (κ2) is 4.04. The van der Waals surface area contributed by atoms with Gasteiger partial charge in [-0.05, 0) is 13.8 Å². The van der Waals surface area contributed by atoms with E-state index in [1.54, 1.807) is 13.8 Å². The number of hydrogen-bond acceptors (Lipinski definition) is 2. The summed E-state index contributed by atoms with van der Waals surface area (Å²) in [6, 6.07) is 0. The van der Waals surface area contributed by atoms with Crippen molar-refractivity contribution in [2.75, 3.05) is 0 Å². The van der Waals surface area contributed by atoms with E-state index in [4.69, 9.17) is 0 Å². The molecule has 0 amide bonds. The Kier molecular flexibility index (Phi) is 4.00. The van der Waals surface area contributed by atoms with Gasteiger partial charge in [0.2, 0.25) is 0 Å². The Bertz CT molecular complexity index is 248.